The van der Waals surface area contributed by atoms with E-state index in [1.54, 1.807) is 18.7 Å². The first kappa shape index (κ1) is 23.1. The molecule has 9 heteroatoms. The summed E-state index contributed by atoms with van der Waals surface area (Å²) in [5.41, 5.74) is 3.65. The summed E-state index contributed by atoms with van der Waals surface area (Å²) < 4.78 is 17.4. The van der Waals surface area contributed by atoms with Crippen LogP contribution in [-0.2, 0) is 14.3 Å². The summed E-state index contributed by atoms with van der Waals surface area (Å²) in [5, 5.41) is 10.3. The average molecular weight is 463 g/mol. The highest BCUT2D eigenvalue weighted by Crippen LogP contribution is 2.35. The van der Waals surface area contributed by atoms with Gasteiger partial charge in [0.1, 0.15) is 12.4 Å². The monoisotopic (exact) mass is 462 g/mol. The SMILES string of the molecule is COCCOC(=O)C1=C(C)NC(=O)NC1c1cn(-c2ccccc2)nc1-c1ccc(OC)cc1. The van der Waals surface area contributed by atoms with Crippen molar-refractivity contribution < 1.29 is 23.8 Å². The molecule has 0 spiro atoms. The van der Waals surface area contributed by atoms with Crippen LogP contribution < -0.4 is 15.4 Å². The summed E-state index contributed by atoms with van der Waals surface area (Å²) in [6.07, 6.45) is 1.82. The molecule has 2 N–H and O–H groups in total. The summed E-state index contributed by atoms with van der Waals surface area (Å²) in [6, 6.07) is 15.9. The van der Waals surface area contributed by atoms with Crippen LogP contribution in [0.1, 0.15) is 18.5 Å². The molecule has 1 aromatic heterocycles. The number of ether oxygens (including phenoxy) is 3. The van der Waals surface area contributed by atoms with Crippen LogP contribution in [0.3, 0.4) is 0 Å². The van der Waals surface area contributed by atoms with Gasteiger partial charge in [-0.05, 0) is 43.3 Å². The van der Waals surface area contributed by atoms with Crippen molar-refractivity contribution >= 4 is 12.0 Å². The van der Waals surface area contributed by atoms with E-state index in [-0.39, 0.29) is 13.2 Å². The summed E-state index contributed by atoms with van der Waals surface area (Å²) in [5.74, 6) is 0.168. The van der Waals surface area contributed by atoms with Crippen molar-refractivity contribution in [2.45, 2.75) is 13.0 Å². The number of nitrogens with one attached hydrogen (secondary N) is 2. The zero-order valence-corrected chi connectivity index (χ0v) is 19.2. The number of allylic oxidation sites excluding steroid dienone is 1. The Bertz CT molecular complexity index is 1200. The van der Waals surface area contributed by atoms with E-state index in [0.717, 1.165) is 11.3 Å². The molecule has 0 saturated heterocycles. The predicted molar refractivity (Wildman–Crippen MR) is 125 cm³/mol. The van der Waals surface area contributed by atoms with E-state index in [0.29, 0.717) is 28.3 Å². The Hall–Kier alpha value is -4.11. The Morgan fingerprint density at radius 1 is 1.06 bits per heavy atom. The van der Waals surface area contributed by atoms with Crippen molar-refractivity contribution in [3.63, 3.8) is 0 Å². The van der Waals surface area contributed by atoms with Gasteiger partial charge in [0, 0.05) is 30.1 Å². The van der Waals surface area contributed by atoms with Gasteiger partial charge in [-0.15, -0.1) is 0 Å². The number of hydrogen-bond acceptors (Lipinski definition) is 6. The molecule has 2 aromatic carbocycles. The topological polar surface area (TPSA) is 104 Å². The van der Waals surface area contributed by atoms with Crippen LogP contribution >= 0.6 is 0 Å². The van der Waals surface area contributed by atoms with Crippen LogP contribution in [0, 0.1) is 0 Å². The fourth-order valence-electron chi connectivity index (χ4n) is 3.78. The van der Waals surface area contributed by atoms with E-state index in [2.05, 4.69) is 10.6 Å². The van der Waals surface area contributed by atoms with Crippen molar-refractivity contribution in [1.82, 2.24) is 20.4 Å². The van der Waals surface area contributed by atoms with Crippen molar-refractivity contribution in [3.05, 3.63) is 77.6 Å². The third kappa shape index (κ3) is 4.79. The molecule has 1 unspecified atom stereocenters. The number of methoxy groups -OCH3 is 2. The standard InChI is InChI=1S/C25H26N4O5/c1-16-21(24(30)34-14-13-32-2)23(27-25(31)26-16)20-15-29(18-7-5-4-6-8-18)28-22(20)17-9-11-19(33-3)12-10-17/h4-12,15,23H,13-14H2,1-3H3,(H2,26,27,31). The molecule has 4 rings (SSSR count). The maximum atomic E-state index is 13.0. The van der Waals surface area contributed by atoms with Gasteiger partial charge in [-0.25, -0.2) is 14.3 Å². The Morgan fingerprint density at radius 3 is 2.47 bits per heavy atom. The fourth-order valence-corrected chi connectivity index (χ4v) is 3.78. The number of urea groups is 1. The number of para-hydroxylation sites is 1. The minimum atomic E-state index is -0.765. The third-order valence-corrected chi connectivity index (χ3v) is 5.45. The largest absolute Gasteiger partial charge is 0.497 e. The maximum absolute atomic E-state index is 13.0. The minimum Gasteiger partial charge on any atom is -0.497 e. The number of benzene rings is 2. The quantitative estimate of drug-likeness (QED) is 0.393. The van der Waals surface area contributed by atoms with Gasteiger partial charge in [-0.3, -0.25) is 0 Å². The van der Waals surface area contributed by atoms with Gasteiger partial charge in [0.2, 0.25) is 0 Å². The molecule has 0 radical (unpaired) electrons. The second kappa shape index (κ2) is 10.2. The highest BCUT2D eigenvalue weighted by atomic mass is 16.6. The molecule has 2 amide bonds. The lowest BCUT2D eigenvalue weighted by molar-refractivity contribution is -0.140. The van der Waals surface area contributed by atoms with Crippen molar-refractivity contribution in [1.29, 1.82) is 0 Å². The second-order valence-electron chi connectivity index (χ2n) is 7.64. The van der Waals surface area contributed by atoms with Gasteiger partial charge in [0.15, 0.2) is 0 Å². The van der Waals surface area contributed by atoms with E-state index in [4.69, 9.17) is 19.3 Å². The van der Waals surface area contributed by atoms with Gasteiger partial charge in [-0.1, -0.05) is 18.2 Å². The maximum Gasteiger partial charge on any atom is 0.338 e. The number of carbonyl (C=O) groups excluding carboxylic acids is 2. The normalized spacial score (nSPS) is 15.5. The van der Waals surface area contributed by atoms with E-state index in [1.165, 1.54) is 7.11 Å². The molecule has 34 heavy (non-hydrogen) atoms. The van der Waals surface area contributed by atoms with E-state index >= 15 is 0 Å². The first-order valence-corrected chi connectivity index (χ1v) is 10.8. The van der Waals surface area contributed by atoms with Crippen LogP contribution in [0.15, 0.2) is 72.1 Å². The molecule has 1 aliphatic rings. The molecule has 1 aliphatic heterocycles. The lowest BCUT2D eigenvalue weighted by Gasteiger charge is -2.28. The molecule has 9 nitrogen and oxygen atoms in total. The number of carbonyl (C=O) groups is 2. The van der Waals surface area contributed by atoms with Crippen LogP contribution in [0.4, 0.5) is 4.79 Å². The van der Waals surface area contributed by atoms with Gasteiger partial charge in [0.05, 0.1) is 36.7 Å². The van der Waals surface area contributed by atoms with E-state index in [1.807, 2.05) is 60.8 Å². The van der Waals surface area contributed by atoms with Gasteiger partial charge >= 0.3 is 12.0 Å². The van der Waals surface area contributed by atoms with Crippen molar-refractivity contribution in [2.75, 3.05) is 27.4 Å². The number of esters is 1. The average Bonchev–Trinajstić information content (AvgIpc) is 3.30. The fraction of sp³-hybridized carbons (Fsp3) is 0.240. The van der Waals surface area contributed by atoms with Crippen molar-refractivity contribution in [2.24, 2.45) is 0 Å². The lowest BCUT2D eigenvalue weighted by atomic mass is 9.94. The zero-order chi connectivity index (χ0) is 24.1. The summed E-state index contributed by atoms with van der Waals surface area (Å²) in [6.45, 7) is 2.04. The molecule has 0 saturated carbocycles. The second-order valence-corrected chi connectivity index (χ2v) is 7.64. The first-order valence-electron chi connectivity index (χ1n) is 10.8. The molecule has 1 atom stereocenters. The molecular formula is C25H26N4O5. The van der Waals surface area contributed by atoms with Crippen LogP contribution in [0.5, 0.6) is 5.75 Å². The molecule has 3 aromatic rings. The molecule has 0 fully saturated rings. The van der Waals surface area contributed by atoms with Crippen LogP contribution in [-0.4, -0.2) is 49.2 Å². The highest BCUT2D eigenvalue weighted by Gasteiger charge is 2.35. The number of rotatable bonds is 8. The number of aromatic nitrogens is 2. The predicted octanol–water partition coefficient (Wildman–Crippen LogP) is 3.37. The minimum absolute atomic E-state index is 0.0986. The summed E-state index contributed by atoms with van der Waals surface area (Å²) >= 11 is 0. The van der Waals surface area contributed by atoms with E-state index in [9.17, 15) is 9.59 Å². The number of hydrogen-bond donors (Lipinski definition) is 2. The Balaban J connectivity index is 1.82. The number of nitrogens with zero attached hydrogens (tertiary/aromatic N) is 2. The Labute approximate surface area is 197 Å². The molecule has 0 bridgehead atoms. The van der Waals surface area contributed by atoms with Crippen molar-refractivity contribution in [3.8, 4) is 22.7 Å². The smallest absolute Gasteiger partial charge is 0.338 e. The molecule has 0 aliphatic carbocycles. The van der Waals surface area contributed by atoms with Gasteiger partial charge < -0.3 is 24.8 Å². The van der Waals surface area contributed by atoms with Gasteiger partial charge in [-0.2, -0.15) is 5.10 Å². The third-order valence-electron chi connectivity index (χ3n) is 5.45. The molecule has 176 valence electrons. The molecule has 2 heterocycles. The Morgan fingerprint density at radius 2 is 1.79 bits per heavy atom. The number of amides is 2. The van der Waals surface area contributed by atoms with Gasteiger partial charge in [0.25, 0.3) is 0 Å². The lowest BCUT2D eigenvalue weighted by Crippen LogP contribution is -2.45. The summed E-state index contributed by atoms with van der Waals surface area (Å²) in [4.78, 5) is 25.4. The summed E-state index contributed by atoms with van der Waals surface area (Å²) in [7, 11) is 3.13. The molecular weight excluding hydrogens is 436 g/mol. The zero-order valence-electron chi connectivity index (χ0n) is 19.2. The Kier molecular flexibility index (Phi) is 6.93. The highest BCUT2D eigenvalue weighted by molar-refractivity contribution is 5.95. The first-order chi connectivity index (χ1) is 16.5. The van der Waals surface area contributed by atoms with Crippen LogP contribution in [0.25, 0.3) is 16.9 Å². The van der Waals surface area contributed by atoms with Crippen LogP contribution in [0.2, 0.25) is 0 Å². The van der Waals surface area contributed by atoms with E-state index < -0.39 is 18.0 Å².